The number of ether oxygens (including phenoxy) is 1. The molecule has 0 bridgehead atoms. The van der Waals surface area contributed by atoms with Crippen LogP contribution in [0.5, 0.6) is 0 Å². The highest BCUT2D eigenvalue weighted by Gasteiger charge is 2.21. The molecule has 0 aliphatic rings. The summed E-state index contributed by atoms with van der Waals surface area (Å²) in [5.41, 5.74) is 0. The van der Waals surface area contributed by atoms with Gasteiger partial charge in [-0.25, -0.2) is 0 Å². The molecule has 0 saturated heterocycles. The van der Waals surface area contributed by atoms with Crippen LogP contribution in [0.1, 0.15) is 52.9 Å². The Bertz CT molecular complexity index is 249. The maximum atomic E-state index is 12.3. The Kier molecular flexibility index (Phi) is 9.33. The standard InChI is InChI=1S/C14H27NO3/c1-5-8-10-15(11-9-13(16)18-4)14(17)12(6-2)7-3/h12H,5-11H2,1-4H3. The van der Waals surface area contributed by atoms with Crippen molar-refractivity contribution in [3.63, 3.8) is 0 Å². The number of carbonyl (C=O) groups is 2. The molecule has 0 unspecified atom stereocenters. The minimum Gasteiger partial charge on any atom is -0.469 e. The van der Waals surface area contributed by atoms with E-state index in [1.807, 2.05) is 18.7 Å². The first-order valence-electron chi connectivity index (χ1n) is 6.96. The van der Waals surface area contributed by atoms with E-state index in [0.717, 1.165) is 32.2 Å². The Labute approximate surface area is 111 Å². The molecule has 4 nitrogen and oxygen atoms in total. The second-order valence-corrected chi connectivity index (χ2v) is 4.52. The lowest BCUT2D eigenvalue weighted by molar-refractivity contribution is -0.142. The van der Waals surface area contributed by atoms with Crippen molar-refractivity contribution in [2.75, 3.05) is 20.2 Å². The molecule has 0 aromatic rings. The molecule has 0 N–H and O–H groups in total. The molecule has 0 rings (SSSR count). The Morgan fingerprint density at radius 1 is 1.11 bits per heavy atom. The molecule has 0 radical (unpaired) electrons. The fourth-order valence-electron chi connectivity index (χ4n) is 1.91. The van der Waals surface area contributed by atoms with Crippen LogP contribution in [-0.2, 0) is 14.3 Å². The summed E-state index contributed by atoms with van der Waals surface area (Å²) in [6.07, 6.45) is 4.02. The molecule has 0 aliphatic carbocycles. The maximum Gasteiger partial charge on any atom is 0.307 e. The summed E-state index contributed by atoms with van der Waals surface area (Å²) in [6.45, 7) is 7.37. The minimum atomic E-state index is -0.256. The average molecular weight is 257 g/mol. The van der Waals surface area contributed by atoms with Crippen LogP contribution >= 0.6 is 0 Å². The van der Waals surface area contributed by atoms with Crippen molar-refractivity contribution in [3.05, 3.63) is 0 Å². The summed E-state index contributed by atoms with van der Waals surface area (Å²) >= 11 is 0. The molecule has 0 aromatic carbocycles. The molecule has 0 heterocycles. The minimum absolute atomic E-state index is 0.0829. The van der Waals surface area contributed by atoms with E-state index >= 15 is 0 Å². The van der Waals surface area contributed by atoms with Gasteiger partial charge in [-0.2, -0.15) is 0 Å². The highest BCUT2D eigenvalue weighted by molar-refractivity contribution is 5.79. The average Bonchev–Trinajstić information content (AvgIpc) is 2.39. The summed E-state index contributed by atoms with van der Waals surface area (Å²) < 4.78 is 4.62. The predicted molar refractivity (Wildman–Crippen MR) is 72.2 cm³/mol. The summed E-state index contributed by atoms with van der Waals surface area (Å²) in [7, 11) is 1.38. The van der Waals surface area contributed by atoms with Crippen LogP contribution in [0.2, 0.25) is 0 Å². The second kappa shape index (κ2) is 9.92. The molecular formula is C14H27NO3. The summed E-state index contributed by atoms with van der Waals surface area (Å²) in [5.74, 6) is 0.00528. The van der Waals surface area contributed by atoms with Crippen LogP contribution in [0.15, 0.2) is 0 Å². The zero-order valence-electron chi connectivity index (χ0n) is 12.2. The van der Waals surface area contributed by atoms with Gasteiger partial charge in [0, 0.05) is 19.0 Å². The van der Waals surface area contributed by atoms with Gasteiger partial charge in [-0.15, -0.1) is 0 Å². The third-order valence-corrected chi connectivity index (χ3v) is 3.24. The Morgan fingerprint density at radius 2 is 1.72 bits per heavy atom. The molecule has 0 fully saturated rings. The number of methoxy groups -OCH3 is 1. The summed E-state index contributed by atoms with van der Waals surface area (Å²) in [4.78, 5) is 25.3. The van der Waals surface area contributed by atoms with Gasteiger partial charge >= 0.3 is 5.97 Å². The fourth-order valence-corrected chi connectivity index (χ4v) is 1.91. The van der Waals surface area contributed by atoms with Crippen molar-refractivity contribution in [3.8, 4) is 0 Å². The number of hydrogen-bond donors (Lipinski definition) is 0. The van der Waals surface area contributed by atoms with Gasteiger partial charge in [0.05, 0.1) is 13.5 Å². The van der Waals surface area contributed by atoms with Crippen LogP contribution < -0.4 is 0 Å². The van der Waals surface area contributed by atoms with Crippen LogP contribution in [-0.4, -0.2) is 37.0 Å². The number of nitrogens with zero attached hydrogens (tertiary/aromatic N) is 1. The molecule has 0 atom stereocenters. The molecule has 4 heteroatoms. The third-order valence-electron chi connectivity index (χ3n) is 3.24. The van der Waals surface area contributed by atoms with Crippen LogP contribution in [0.25, 0.3) is 0 Å². The molecule has 0 aromatic heterocycles. The number of carbonyl (C=O) groups excluding carboxylic acids is 2. The maximum absolute atomic E-state index is 12.3. The van der Waals surface area contributed by atoms with E-state index in [4.69, 9.17) is 0 Å². The van der Waals surface area contributed by atoms with Crippen molar-refractivity contribution >= 4 is 11.9 Å². The van der Waals surface area contributed by atoms with Crippen molar-refractivity contribution in [2.24, 2.45) is 5.92 Å². The monoisotopic (exact) mass is 257 g/mol. The number of esters is 1. The van der Waals surface area contributed by atoms with E-state index in [2.05, 4.69) is 11.7 Å². The van der Waals surface area contributed by atoms with Gasteiger partial charge in [-0.3, -0.25) is 9.59 Å². The lowest BCUT2D eigenvalue weighted by Crippen LogP contribution is -2.38. The molecule has 106 valence electrons. The van der Waals surface area contributed by atoms with Gasteiger partial charge in [0.1, 0.15) is 0 Å². The fraction of sp³-hybridized carbons (Fsp3) is 0.857. The second-order valence-electron chi connectivity index (χ2n) is 4.52. The quantitative estimate of drug-likeness (QED) is 0.596. The van der Waals surface area contributed by atoms with E-state index in [1.165, 1.54) is 7.11 Å². The number of unbranched alkanes of at least 4 members (excludes halogenated alkanes) is 1. The first-order chi connectivity index (χ1) is 8.60. The number of hydrogen-bond acceptors (Lipinski definition) is 3. The Balaban J connectivity index is 4.45. The van der Waals surface area contributed by atoms with Crippen molar-refractivity contribution in [2.45, 2.75) is 52.9 Å². The molecule has 0 spiro atoms. The highest BCUT2D eigenvalue weighted by Crippen LogP contribution is 2.13. The van der Waals surface area contributed by atoms with E-state index in [0.29, 0.717) is 6.54 Å². The van der Waals surface area contributed by atoms with Crippen LogP contribution in [0.3, 0.4) is 0 Å². The Morgan fingerprint density at radius 3 is 2.17 bits per heavy atom. The first-order valence-corrected chi connectivity index (χ1v) is 6.96. The smallest absolute Gasteiger partial charge is 0.307 e. The molecule has 0 aliphatic heterocycles. The first kappa shape index (κ1) is 16.9. The van der Waals surface area contributed by atoms with E-state index in [1.54, 1.807) is 0 Å². The van der Waals surface area contributed by atoms with Gasteiger partial charge in [0.15, 0.2) is 0 Å². The topological polar surface area (TPSA) is 46.6 Å². The zero-order chi connectivity index (χ0) is 14.0. The van der Waals surface area contributed by atoms with Crippen molar-refractivity contribution in [1.29, 1.82) is 0 Å². The third kappa shape index (κ3) is 6.03. The Hall–Kier alpha value is -1.06. The molecule has 18 heavy (non-hydrogen) atoms. The van der Waals surface area contributed by atoms with Gasteiger partial charge < -0.3 is 9.64 Å². The number of amides is 1. The van der Waals surface area contributed by atoms with Gasteiger partial charge in [-0.1, -0.05) is 27.2 Å². The lowest BCUT2D eigenvalue weighted by Gasteiger charge is -2.26. The van der Waals surface area contributed by atoms with Crippen LogP contribution in [0.4, 0.5) is 0 Å². The normalized spacial score (nSPS) is 10.5. The van der Waals surface area contributed by atoms with E-state index in [-0.39, 0.29) is 24.2 Å². The van der Waals surface area contributed by atoms with E-state index < -0.39 is 0 Å². The predicted octanol–water partition coefficient (Wildman–Crippen LogP) is 2.61. The SMILES string of the molecule is CCCCN(CCC(=O)OC)C(=O)C(CC)CC. The molecule has 0 saturated carbocycles. The largest absolute Gasteiger partial charge is 0.469 e. The number of rotatable bonds is 9. The summed E-state index contributed by atoms with van der Waals surface area (Å²) in [6, 6.07) is 0. The van der Waals surface area contributed by atoms with Gasteiger partial charge in [-0.05, 0) is 19.3 Å². The van der Waals surface area contributed by atoms with Crippen molar-refractivity contribution < 1.29 is 14.3 Å². The summed E-state index contributed by atoms with van der Waals surface area (Å²) in [5, 5.41) is 0. The zero-order valence-corrected chi connectivity index (χ0v) is 12.2. The van der Waals surface area contributed by atoms with Gasteiger partial charge in [0.25, 0.3) is 0 Å². The lowest BCUT2D eigenvalue weighted by atomic mass is 10.0. The van der Waals surface area contributed by atoms with Crippen LogP contribution in [0, 0.1) is 5.92 Å². The molecular weight excluding hydrogens is 230 g/mol. The molecule has 1 amide bonds. The van der Waals surface area contributed by atoms with Gasteiger partial charge in [0.2, 0.25) is 5.91 Å². The van der Waals surface area contributed by atoms with Crippen molar-refractivity contribution in [1.82, 2.24) is 4.90 Å². The van der Waals surface area contributed by atoms with E-state index in [9.17, 15) is 9.59 Å². The highest BCUT2D eigenvalue weighted by atomic mass is 16.5.